The van der Waals surface area contributed by atoms with Gasteiger partial charge in [0.2, 0.25) is 0 Å². The smallest absolute Gasteiger partial charge is 0.0400 e. The number of rotatable bonds is 6. The van der Waals surface area contributed by atoms with Crippen molar-refractivity contribution in [1.29, 1.82) is 0 Å². The summed E-state index contributed by atoms with van der Waals surface area (Å²) in [6.45, 7) is 13.1. The molecule has 2 nitrogen and oxygen atoms in total. The Morgan fingerprint density at radius 3 is 1.94 bits per heavy atom. The van der Waals surface area contributed by atoms with Gasteiger partial charge in [-0.2, -0.15) is 0 Å². The second kappa shape index (κ2) is 10.5. The maximum absolute atomic E-state index is 3.54. The Morgan fingerprint density at radius 1 is 1.00 bits per heavy atom. The standard InChI is InChI=1S/C14H24N2.2ClH/c1-5-16(6-2)11-10-15-14-12(3)8-7-9-13(14)4;;/h7-9,15H,5-6,10-11H2,1-4H3;2*1H. The summed E-state index contributed by atoms with van der Waals surface area (Å²) < 4.78 is 0. The highest BCUT2D eigenvalue weighted by Crippen LogP contribution is 2.18. The van der Waals surface area contributed by atoms with Gasteiger partial charge in [0.15, 0.2) is 0 Å². The van der Waals surface area contributed by atoms with Gasteiger partial charge >= 0.3 is 0 Å². The number of likely N-dealkylation sites (N-methyl/N-ethyl adjacent to an activating group) is 1. The van der Waals surface area contributed by atoms with Crippen LogP contribution in [0.4, 0.5) is 5.69 Å². The zero-order chi connectivity index (χ0) is 12.0. The first kappa shape index (κ1) is 19.9. The van der Waals surface area contributed by atoms with Gasteiger partial charge < -0.3 is 10.2 Å². The van der Waals surface area contributed by atoms with Gasteiger partial charge in [0.1, 0.15) is 0 Å². The van der Waals surface area contributed by atoms with E-state index in [1.165, 1.54) is 16.8 Å². The van der Waals surface area contributed by atoms with Crippen LogP contribution in [0.1, 0.15) is 25.0 Å². The van der Waals surface area contributed by atoms with E-state index in [0.29, 0.717) is 0 Å². The van der Waals surface area contributed by atoms with Crippen LogP contribution in [0, 0.1) is 13.8 Å². The van der Waals surface area contributed by atoms with Crippen LogP contribution in [0.3, 0.4) is 0 Å². The molecule has 1 N–H and O–H groups in total. The molecule has 0 amide bonds. The first-order valence-electron chi connectivity index (χ1n) is 6.21. The Kier molecular flexibility index (Phi) is 11.6. The average Bonchev–Trinajstić information content (AvgIpc) is 2.28. The lowest BCUT2D eigenvalue weighted by Gasteiger charge is -2.19. The molecule has 0 heterocycles. The van der Waals surface area contributed by atoms with Crippen molar-refractivity contribution in [3.05, 3.63) is 29.3 Å². The fourth-order valence-electron chi connectivity index (χ4n) is 1.97. The summed E-state index contributed by atoms with van der Waals surface area (Å²) in [5.74, 6) is 0. The Bertz CT molecular complexity index is 305. The molecule has 0 saturated carbocycles. The van der Waals surface area contributed by atoms with Crippen LogP contribution in [0.25, 0.3) is 0 Å². The zero-order valence-corrected chi connectivity index (χ0v) is 13.5. The molecule has 0 bridgehead atoms. The van der Waals surface area contributed by atoms with E-state index < -0.39 is 0 Å². The highest BCUT2D eigenvalue weighted by atomic mass is 35.5. The fourth-order valence-corrected chi connectivity index (χ4v) is 1.97. The molecule has 4 heteroatoms. The number of anilines is 1. The molecule has 1 rings (SSSR count). The maximum Gasteiger partial charge on any atom is 0.0400 e. The highest BCUT2D eigenvalue weighted by Gasteiger charge is 2.02. The van der Waals surface area contributed by atoms with Gasteiger partial charge in [0, 0.05) is 18.8 Å². The van der Waals surface area contributed by atoms with E-state index in [1.807, 2.05) is 0 Å². The molecule has 0 radical (unpaired) electrons. The molecule has 106 valence electrons. The minimum atomic E-state index is 0. The van der Waals surface area contributed by atoms with Crippen molar-refractivity contribution in [1.82, 2.24) is 4.90 Å². The van der Waals surface area contributed by atoms with Gasteiger partial charge in [-0.25, -0.2) is 0 Å². The minimum absolute atomic E-state index is 0. The van der Waals surface area contributed by atoms with Crippen molar-refractivity contribution in [2.24, 2.45) is 0 Å². The number of hydrogen-bond acceptors (Lipinski definition) is 2. The third-order valence-corrected chi connectivity index (χ3v) is 3.11. The largest absolute Gasteiger partial charge is 0.383 e. The van der Waals surface area contributed by atoms with E-state index in [0.717, 1.165) is 26.2 Å². The van der Waals surface area contributed by atoms with E-state index in [2.05, 4.69) is 56.1 Å². The van der Waals surface area contributed by atoms with Crippen molar-refractivity contribution in [3.63, 3.8) is 0 Å². The van der Waals surface area contributed by atoms with Crippen LogP contribution in [-0.4, -0.2) is 31.1 Å². The third kappa shape index (κ3) is 5.94. The highest BCUT2D eigenvalue weighted by molar-refractivity contribution is 5.85. The summed E-state index contributed by atoms with van der Waals surface area (Å²) in [5, 5.41) is 3.54. The Morgan fingerprint density at radius 2 is 1.50 bits per heavy atom. The number of aryl methyl sites for hydroxylation is 2. The predicted octanol–water partition coefficient (Wildman–Crippen LogP) is 3.90. The monoisotopic (exact) mass is 292 g/mol. The Balaban J connectivity index is 0. The molecule has 0 aliphatic rings. The van der Waals surface area contributed by atoms with E-state index >= 15 is 0 Å². The summed E-state index contributed by atoms with van der Waals surface area (Å²) in [6, 6.07) is 6.43. The molecule has 0 aliphatic heterocycles. The van der Waals surface area contributed by atoms with Crippen LogP contribution in [0.5, 0.6) is 0 Å². The average molecular weight is 293 g/mol. The Labute approximate surface area is 124 Å². The zero-order valence-electron chi connectivity index (χ0n) is 11.8. The second-order valence-electron chi connectivity index (χ2n) is 4.22. The summed E-state index contributed by atoms with van der Waals surface area (Å²) >= 11 is 0. The summed E-state index contributed by atoms with van der Waals surface area (Å²) in [5.41, 5.74) is 3.97. The van der Waals surface area contributed by atoms with E-state index in [-0.39, 0.29) is 24.8 Å². The van der Waals surface area contributed by atoms with E-state index in [4.69, 9.17) is 0 Å². The van der Waals surface area contributed by atoms with Crippen molar-refractivity contribution >= 4 is 30.5 Å². The topological polar surface area (TPSA) is 15.3 Å². The molecule has 18 heavy (non-hydrogen) atoms. The number of benzene rings is 1. The number of nitrogens with zero attached hydrogens (tertiary/aromatic N) is 1. The van der Waals surface area contributed by atoms with Crippen LogP contribution >= 0.6 is 24.8 Å². The van der Waals surface area contributed by atoms with Crippen LogP contribution in [0.2, 0.25) is 0 Å². The van der Waals surface area contributed by atoms with Crippen LogP contribution in [-0.2, 0) is 0 Å². The first-order chi connectivity index (χ1) is 7.69. The quantitative estimate of drug-likeness (QED) is 0.855. The second-order valence-corrected chi connectivity index (χ2v) is 4.22. The SMILES string of the molecule is CCN(CC)CCNc1c(C)cccc1C.Cl.Cl. The molecule has 0 atom stereocenters. The van der Waals surface area contributed by atoms with Crippen molar-refractivity contribution in [2.75, 3.05) is 31.5 Å². The third-order valence-electron chi connectivity index (χ3n) is 3.11. The lowest BCUT2D eigenvalue weighted by Crippen LogP contribution is -2.28. The number of halogens is 2. The Hall–Kier alpha value is -0.440. The molecule has 0 aromatic heterocycles. The molecule has 0 aliphatic carbocycles. The van der Waals surface area contributed by atoms with Crippen LogP contribution < -0.4 is 5.32 Å². The van der Waals surface area contributed by atoms with Crippen molar-refractivity contribution < 1.29 is 0 Å². The van der Waals surface area contributed by atoms with Crippen LogP contribution in [0.15, 0.2) is 18.2 Å². The molecule has 1 aromatic carbocycles. The molecule has 1 aromatic rings. The van der Waals surface area contributed by atoms with Gasteiger partial charge in [-0.05, 0) is 38.1 Å². The molecule has 0 fully saturated rings. The molecular weight excluding hydrogens is 267 g/mol. The van der Waals surface area contributed by atoms with Crippen molar-refractivity contribution in [3.8, 4) is 0 Å². The number of nitrogens with one attached hydrogen (secondary N) is 1. The first-order valence-corrected chi connectivity index (χ1v) is 6.21. The lowest BCUT2D eigenvalue weighted by atomic mass is 10.1. The van der Waals surface area contributed by atoms with Gasteiger partial charge in [0.05, 0.1) is 0 Å². The minimum Gasteiger partial charge on any atom is -0.383 e. The summed E-state index contributed by atoms with van der Waals surface area (Å²) in [4.78, 5) is 2.43. The molecule has 0 saturated heterocycles. The number of hydrogen-bond donors (Lipinski definition) is 1. The lowest BCUT2D eigenvalue weighted by molar-refractivity contribution is 0.316. The fraction of sp³-hybridized carbons (Fsp3) is 0.571. The molecular formula is C14H26Cl2N2. The van der Waals surface area contributed by atoms with Gasteiger partial charge in [0.25, 0.3) is 0 Å². The van der Waals surface area contributed by atoms with E-state index in [1.54, 1.807) is 0 Å². The summed E-state index contributed by atoms with van der Waals surface area (Å²) in [6.07, 6.45) is 0. The van der Waals surface area contributed by atoms with Gasteiger partial charge in [-0.1, -0.05) is 32.0 Å². The maximum atomic E-state index is 3.54. The number of para-hydroxylation sites is 1. The van der Waals surface area contributed by atoms with Gasteiger partial charge in [-0.15, -0.1) is 24.8 Å². The molecule has 0 unspecified atom stereocenters. The predicted molar refractivity (Wildman–Crippen MR) is 86.7 cm³/mol. The van der Waals surface area contributed by atoms with E-state index in [9.17, 15) is 0 Å². The molecule has 0 spiro atoms. The van der Waals surface area contributed by atoms with Gasteiger partial charge in [-0.3, -0.25) is 0 Å². The summed E-state index contributed by atoms with van der Waals surface area (Å²) in [7, 11) is 0. The van der Waals surface area contributed by atoms with Crippen molar-refractivity contribution in [2.45, 2.75) is 27.7 Å². The normalized spacial score (nSPS) is 9.61.